The predicted molar refractivity (Wildman–Crippen MR) is 132 cm³/mol. The van der Waals surface area contributed by atoms with Gasteiger partial charge in [0, 0.05) is 36.8 Å². The molecule has 36 heavy (non-hydrogen) atoms. The third-order valence-corrected chi connectivity index (χ3v) is 7.30. The van der Waals surface area contributed by atoms with E-state index in [0.717, 1.165) is 11.3 Å². The molecule has 184 valence electrons. The van der Waals surface area contributed by atoms with Gasteiger partial charge in [0.2, 0.25) is 0 Å². The van der Waals surface area contributed by atoms with E-state index in [-0.39, 0.29) is 40.2 Å². The molecule has 0 aromatic heterocycles. The molecular formula is C26H24ClN5O4. The second kappa shape index (κ2) is 9.74. The van der Waals surface area contributed by atoms with E-state index >= 15 is 0 Å². The van der Waals surface area contributed by atoms with Gasteiger partial charge in [-0.3, -0.25) is 19.9 Å². The normalized spacial score (nSPS) is 22.9. The molecule has 2 aliphatic heterocycles. The van der Waals surface area contributed by atoms with Crippen molar-refractivity contribution in [3.05, 3.63) is 97.5 Å². The number of morpholine rings is 1. The number of nitro benzene ring substituents is 1. The number of Topliss-reactive ketones (excluding diaryl/α,β-unsaturated/α-hetero) is 1. The van der Waals surface area contributed by atoms with Crippen LogP contribution in [-0.2, 0) is 9.53 Å². The van der Waals surface area contributed by atoms with Crippen molar-refractivity contribution in [1.29, 1.82) is 5.26 Å². The van der Waals surface area contributed by atoms with Gasteiger partial charge < -0.3 is 10.5 Å². The van der Waals surface area contributed by atoms with Gasteiger partial charge in [-0.25, -0.2) is 5.01 Å². The van der Waals surface area contributed by atoms with Crippen LogP contribution in [0.25, 0.3) is 0 Å². The lowest BCUT2D eigenvalue weighted by molar-refractivity contribution is -0.384. The molecule has 10 heteroatoms. The number of ether oxygens (including phenoxy) is 1. The number of ketones is 1. The maximum absolute atomic E-state index is 13.8. The van der Waals surface area contributed by atoms with E-state index in [4.69, 9.17) is 22.1 Å². The third kappa shape index (κ3) is 4.13. The first-order valence-corrected chi connectivity index (χ1v) is 12.1. The van der Waals surface area contributed by atoms with Crippen molar-refractivity contribution in [2.75, 3.05) is 26.3 Å². The average Bonchev–Trinajstić information content (AvgIpc) is 2.89. The van der Waals surface area contributed by atoms with Gasteiger partial charge in [0.05, 0.1) is 35.7 Å². The quantitative estimate of drug-likeness (QED) is 0.488. The van der Waals surface area contributed by atoms with Gasteiger partial charge in [0.25, 0.3) is 5.69 Å². The maximum Gasteiger partial charge on any atom is 0.288 e. The Bertz CT molecular complexity index is 1330. The summed E-state index contributed by atoms with van der Waals surface area (Å²) in [4.78, 5) is 24.8. The minimum absolute atomic E-state index is 0.0155. The highest BCUT2D eigenvalue weighted by Crippen LogP contribution is 2.49. The highest BCUT2D eigenvalue weighted by molar-refractivity contribution is 6.32. The number of nitriles is 1. The summed E-state index contributed by atoms with van der Waals surface area (Å²) in [6.07, 6.45) is 0.804. The molecule has 0 spiro atoms. The van der Waals surface area contributed by atoms with Crippen LogP contribution >= 0.6 is 11.6 Å². The number of halogens is 1. The standard InChI is InChI=1S/C26H24ClN5O4/c27-20-7-6-17(12-21(20)32(34)35)24-19(15-28)26(29)31(30-8-10-36-11-9-30)22-13-18(14-23(33)25(22)24)16-4-2-1-3-5-16/h1-7,12,18,24H,8-11,13-14,29H2. The summed E-state index contributed by atoms with van der Waals surface area (Å²) in [6, 6.07) is 16.4. The summed E-state index contributed by atoms with van der Waals surface area (Å²) in [5.74, 6) is -0.756. The van der Waals surface area contributed by atoms with Crippen LogP contribution in [0.4, 0.5) is 5.69 Å². The van der Waals surface area contributed by atoms with Gasteiger partial charge in [-0.05, 0) is 29.5 Å². The lowest BCUT2D eigenvalue weighted by atomic mass is 9.72. The van der Waals surface area contributed by atoms with Gasteiger partial charge in [-0.2, -0.15) is 5.26 Å². The van der Waals surface area contributed by atoms with E-state index in [0.29, 0.717) is 43.9 Å². The van der Waals surface area contributed by atoms with Crippen LogP contribution in [0.15, 0.2) is 71.2 Å². The zero-order chi connectivity index (χ0) is 25.4. The minimum Gasteiger partial charge on any atom is -0.383 e. The maximum atomic E-state index is 13.8. The van der Waals surface area contributed by atoms with Crippen LogP contribution in [0.5, 0.6) is 0 Å². The first-order valence-electron chi connectivity index (χ1n) is 11.7. The lowest BCUT2D eigenvalue weighted by Crippen LogP contribution is -2.52. The van der Waals surface area contributed by atoms with Crippen molar-refractivity contribution in [3.63, 3.8) is 0 Å². The van der Waals surface area contributed by atoms with Gasteiger partial charge in [-0.15, -0.1) is 0 Å². The molecule has 2 aromatic rings. The Balaban J connectivity index is 1.69. The molecule has 0 bridgehead atoms. The largest absolute Gasteiger partial charge is 0.383 e. The molecule has 2 N–H and O–H groups in total. The van der Waals surface area contributed by atoms with Crippen LogP contribution in [-0.4, -0.2) is 47.0 Å². The number of hydrogen-bond acceptors (Lipinski definition) is 8. The summed E-state index contributed by atoms with van der Waals surface area (Å²) in [6.45, 7) is 2.10. The van der Waals surface area contributed by atoms with Crippen LogP contribution < -0.4 is 5.73 Å². The first kappa shape index (κ1) is 24.0. The average molecular weight is 506 g/mol. The summed E-state index contributed by atoms with van der Waals surface area (Å²) in [7, 11) is 0. The molecule has 2 aromatic carbocycles. The predicted octanol–water partition coefficient (Wildman–Crippen LogP) is 3.99. The van der Waals surface area contributed by atoms with Crippen molar-refractivity contribution < 1.29 is 14.5 Å². The van der Waals surface area contributed by atoms with Crippen molar-refractivity contribution in [1.82, 2.24) is 10.0 Å². The molecular weight excluding hydrogens is 482 g/mol. The Hall–Kier alpha value is -3.71. The number of nitrogens with zero attached hydrogens (tertiary/aromatic N) is 4. The topological polar surface area (TPSA) is 126 Å². The Morgan fingerprint density at radius 1 is 1.11 bits per heavy atom. The summed E-state index contributed by atoms with van der Waals surface area (Å²) in [5, 5.41) is 25.6. The van der Waals surface area contributed by atoms with E-state index in [9.17, 15) is 20.2 Å². The van der Waals surface area contributed by atoms with E-state index in [1.54, 1.807) is 6.07 Å². The van der Waals surface area contributed by atoms with Crippen molar-refractivity contribution >= 4 is 23.1 Å². The molecule has 1 aliphatic carbocycles. The van der Waals surface area contributed by atoms with Crippen LogP contribution in [0.3, 0.4) is 0 Å². The van der Waals surface area contributed by atoms with Crippen molar-refractivity contribution in [3.8, 4) is 6.07 Å². The number of hydrogen-bond donors (Lipinski definition) is 1. The Morgan fingerprint density at radius 2 is 1.83 bits per heavy atom. The Morgan fingerprint density at radius 3 is 2.50 bits per heavy atom. The third-order valence-electron chi connectivity index (χ3n) is 6.98. The molecule has 0 radical (unpaired) electrons. The number of allylic oxidation sites excluding steroid dienone is 3. The van der Waals surface area contributed by atoms with Gasteiger partial charge in [0.15, 0.2) is 5.78 Å². The van der Waals surface area contributed by atoms with Crippen LogP contribution in [0, 0.1) is 21.4 Å². The highest BCUT2D eigenvalue weighted by Gasteiger charge is 2.44. The van der Waals surface area contributed by atoms with Gasteiger partial charge in [-0.1, -0.05) is 48.0 Å². The summed E-state index contributed by atoms with van der Waals surface area (Å²) >= 11 is 6.06. The zero-order valence-corrected chi connectivity index (χ0v) is 20.1. The Labute approximate surface area is 213 Å². The highest BCUT2D eigenvalue weighted by atomic mass is 35.5. The second-order valence-electron chi connectivity index (χ2n) is 8.99. The van der Waals surface area contributed by atoms with Crippen molar-refractivity contribution in [2.45, 2.75) is 24.7 Å². The van der Waals surface area contributed by atoms with E-state index in [2.05, 4.69) is 6.07 Å². The molecule has 2 atom stereocenters. The molecule has 3 aliphatic rings. The smallest absolute Gasteiger partial charge is 0.288 e. The lowest BCUT2D eigenvalue weighted by Gasteiger charge is -2.47. The molecule has 0 saturated carbocycles. The number of nitro groups is 1. The minimum atomic E-state index is -0.817. The fourth-order valence-corrected chi connectivity index (χ4v) is 5.52. The zero-order valence-electron chi connectivity index (χ0n) is 19.4. The number of carbonyl (C=O) groups is 1. The Kier molecular flexibility index (Phi) is 6.49. The molecule has 1 fully saturated rings. The van der Waals surface area contributed by atoms with E-state index in [1.165, 1.54) is 12.1 Å². The molecule has 2 unspecified atom stereocenters. The fourth-order valence-electron chi connectivity index (χ4n) is 5.33. The van der Waals surface area contributed by atoms with Crippen LogP contribution in [0.1, 0.15) is 35.8 Å². The molecule has 1 saturated heterocycles. The van der Waals surface area contributed by atoms with E-state index in [1.807, 2.05) is 40.3 Å². The first-order chi connectivity index (χ1) is 17.4. The monoisotopic (exact) mass is 505 g/mol. The number of nitrogens with two attached hydrogens (primary N) is 1. The molecule has 5 rings (SSSR count). The van der Waals surface area contributed by atoms with Crippen molar-refractivity contribution in [2.24, 2.45) is 5.73 Å². The molecule has 9 nitrogen and oxygen atoms in total. The SMILES string of the molecule is N#CC1=C(N)N(N2CCOCC2)C2=C(C(=O)CC(c3ccccc3)C2)C1c1ccc(Cl)c([N+](=O)[O-])c1. The number of hydrazine groups is 1. The second-order valence-corrected chi connectivity index (χ2v) is 9.40. The molecule has 0 amide bonds. The summed E-state index contributed by atoms with van der Waals surface area (Å²) in [5.41, 5.74) is 9.21. The number of carbonyl (C=O) groups excluding carboxylic acids is 1. The molecule has 2 heterocycles. The summed E-state index contributed by atoms with van der Waals surface area (Å²) < 4.78 is 5.51. The fraction of sp³-hybridized carbons (Fsp3) is 0.308. The van der Waals surface area contributed by atoms with Gasteiger partial charge in [0.1, 0.15) is 10.8 Å². The van der Waals surface area contributed by atoms with E-state index < -0.39 is 10.8 Å². The number of rotatable bonds is 4. The van der Waals surface area contributed by atoms with Gasteiger partial charge >= 0.3 is 0 Å². The number of benzene rings is 2. The van der Waals surface area contributed by atoms with Crippen LogP contribution in [0.2, 0.25) is 5.02 Å².